The number of carbonyl (C=O) groups excluding carboxylic acids is 1. The largest absolute Gasteiger partial charge is 0.505 e. The molecule has 0 bridgehead atoms. The number of benzene rings is 1. The van der Waals surface area contributed by atoms with Gasteiger partial charge in [0.25, 0.3) is 0 Å². The van der Waals surface area contributed by atoms with Crippen LogP contribution in [0.25, 0.3) is 0 Å². The average Bonchev–Trinajstić information content (AvgIpc) is 2.33. The van der Waals surface area contributed by atoms with E-state index >= 15 is 0 Å². The first-order chi connectivity index (χ1) is 8.18. The molecule has 4 nitrogen and oxygen atoms in total. The third kappa shape index (κ3) is 6.82. The Kier molecular flexibility index (Phi) is 6.45. The molecule has 1 N–H and O–H groups in total. The molecule has 17 heavy (non-hydrogen) atoms. The van der Waals surface area contributed by atoms with E-state index in [1.165, 1.54) is 0 Å². The summed E-state index contributed by atoms with van der Waals surface area (Å²) in [6.07, 6.45) is 1.72. The lowest BCUT2D eigenvalue weighted by Crippen LogP contribution is -2.04. The van der Waals surface area contributed by atoms with Crippen LogP contribution in [-0.2, 0) is 20.7 Å². The second-order valence-corrected chi connectivity index (χ2v) is 4.83. The topological polar surface area (TPSA) is 63.6 Å². The maximum absolute atomic E-state index is 11.3. The molecule has 5 heteroatoms. The van der Waals surface area contributed by atoms with E-state index < -0.39 is 8.03 Å². The molecule has 0 saturated carbocycles. The van der Waals surface area contributed by atoms with Crippen LogP contribution in [-0.4, -0.2) is 17.0 Å². The molecule has 1 aromatic carbocycles. The first-order valence-corrected chi connectivity index (χ1v) is 6.91. The fourth-order valence-electron chi connectivity index (χ4n) is 1.33. The Labute approximate surface area is 101 Å². The average molecular weight is 255 g/mol. The minimum Gasteiger partial charge on any atom is -0.461 e. The van der Waals surface area contributed by atoms with Crippen LogP contribution in [0.2, 0.25) is 0 Å². The molecular weight excluding hydrogens is 239 g/mol. The van der Waals surface area contributed by atoms with Crippen LogP contribution in [0.4, 0.5) is 0 Å². The highest BCUT2D eigenvalue weighted by Crippen LogP contribution is 2.15. The summed E-state index contributed by atoms with van der Waals surface area (Å²) in [6.45, 7) is 0.286. The number of hydrogen-bond acceptors (Lipinski definition) is 3. The van der Waals surface area contributed by atoms with E-state index in [0.29, 0.717) is 19.3 Å². The van der Waals surface area contributed by atoms with Gasteiger partial charge < -0.3 is 4.74 Å². The standard InChI is InChI=1S/C12H15O4P/c13-12(8-4-5-9-17(14)15)16-10-11-6-2-1-3-7-11/h1-3,6-7H,4-5,8-10H2/p+1. The third-order valence-corrected chi connectivity index (χ3v) is 2.92. The van der Waals surface area contributed by atoms with Crippen molar-refractivity contribution in [3.05, 3.63) is 35.9 Å². The zero-order chi connectivity index (χ0) is 12.5. The maximum Gasteiger partial charge on any atom is 0.505 e. The Morgan fingerprint density at radius 1 is 1.24 bits per heavy atom. The van der Waals surface area contributed by atoms with Gasteiger partial charge in [0.05, 0.1) is 0 Å². The molecule has 1 aromatic rings. The fourth-order valence-corrected chi connectivity index (χ4v) is 1.82. The quantitative estimate of drug-likeness (QED) is 0.462. The Morgan fingerprint density at radius 2 is 1.94 bits per heavy atom. The molecule has 0 fully saturated rings. The van der Waals surface area contributed by atoms with Gasteiger partial charge in [-0.3, -0.25) is 4.79 Å². The summed E-state index contributed by atoms with van der Waals surface area (Å²) >= 11 is 0. The molecule has 0 heterocycles. The number of unbranched alkanes of at least 4 members (excludes halogenated alkanes) is 1. The van der Waals surface area contributed by atoms with Gasteiger partial charge in [0.1, 0.15) is 6.61 Å². The third-order valence-electron chi connectivity index (χ3n) is 2.22. The number of hydrogen-bond donors (Lipinski definition) is 1. The Bertz CT molecular complexity index is 364. The van der Waals surface area contributed by atoms with E-state index in [0.717, 1.165) is 5.56 Å². The van der Waals surface area contributed by atoms with E-state index in [9.17, 15) is 9.36 Å². The molecule has 0 aliphatic heterocycles. The first kappa shape index (κ1) is 13.8. The highest BCUT2D eigenvalue weighted by atomic mass is 31.1. The van der Waals surface area contributed by atoms with Crippen LogP contribution in [0.5, 0.6) is 0 Å². The number of esters is 1. The van der Waals surface area contributed by atoms with Gasteiger partial charge >= 0.3 is 14.0 Å². The normalized spacial score (nSPS) is 11.0. The Balaban J connectivity index is 2.11. The van der Waals surface area contributed by atoms with Crippen molar-refractivity contribution in [1.29, 1.82) is 0 Å². The van der Waals surface area contributed by atoms with Crippen molar-refractivity contribution >= 4 is 14.0 Å². The van der Waals surface area contributed by atoms with Gasteiger partial charge in [-0.15, -0.1) is 0 Å². The predicted octanol–water partition coefficient (Wildman–Crippen LogP) is 2.63. The Hall–Kier alpha value is -1.25. The van der Waals surface area contributed by atoms with Crippen LogP contribution in [0.15, 0.2) is 30.3 Å². The number of carbonyl (C=O) groups is 1. The summed E-state index contributed by atoms with van der Waals surface area (Å²) in [7, 11) is -2.08. The molecule has 1 rings (SSSR count). The van der Waals surface area contributed by atoms with Crippen molar-refractivity contribution in [3.8, 4) is 0 Å². The highest BCUT2D eigenvalue weighted by Gasteiger charge is 2.10. The summed E-state index contributed by atoms with van der Waals surface area (Å²) in [5.41, 5.74) is 0.958. The van der Waals surface area contributed by atoms with E-state index in [1.807, 2.05) is 30.3 Å². The van der Waals surface area contributed by atoms with Gasteiger partial charge in [0.15, 0.2) is 6.16 Å². The molecule has 92 valence electrons. The number of ether oxygens (including phenoxy) is 1. The first-order valence-electron chi connectivity index (χ1n) is 5.51. The maximum atomic E-state index is 11.3. The second kappa shape index (κ2) is 7.93. The zero-order valence-corrected chi connectivity index (χ0v) is 10.4. The van der Waals surface area contributed by atoms with Crippen molar-refractivity contribution in [2.24, 2.45) is 0 Å². The van der Waals surface area contributed by atoms with E-state index in [4.69, 9.17) is 9.63 Å². The minimum absolute atomic E-state index is 0.251. The zero-order valence-electron chi connectivity index (χ0n) is 9.54. The lowest BCUT2D eigenvalue weighted by Gasteiger charge is -2.03. The van der Waals surface area contributed by atoms with Crippen LogP contribution in [0.1, 0.15) is 24.8 Å². The van der Waals surface area contributed by atoms with E-state index in [-0.39, 0.29) is 18.7 Å². The Morgan fingerprint density at radius 3 is 2.59 bits per heavy atom. The van der Waals surface area contributed by atoms with Gasteiger partial charge in [-0.1, -0.05) is 30.3 Å². The summed E-state index contributed by atoms with van der Waals surface area (Å²) < 4.78 is 15.4. The molecule has 1 atom stereocenters. The SMILES string of the molecule is O=C(CCCC[P+](=O)O)OCc1ccccc1. The summed E-state index contributed by atoms with van der Waals surface area (Å²) in [5, 5.41) is 0. The van der Waals surface area contributed by atoms with Gasteiger partial charge in [0, 0.05) is 6.42 Å². The van der Waals surface area contributed by atoms with Crippen molar-refractivity contribution in [2.45, 2.75) is 25.9 Å². The molecule has 1 unspecified atom stereocenters. The van der Waals surface area contributed by atoms with Crippen LogP contribution in [0.3, 0.4) is 0 Å². The van der Waals surface area contributed by atoms with Crippen LogP contribution < -0.4 is 0 Å². The lowest BCUT2D eigenvalue weighted by atomic mass is 10.2. The van der Waals surface area contributed by atoms with Crippen LogP contribution >= 0.6 is 8.03 Å². The van der Waals surface area contributed by atoms with Gasteiger partial charge in [0.2, 0.25) is 0 Å². The molecule has 0 aliphatic rings. The summed E-state index contributed by atoms with van der Waals surface area (Å²) in [6, 6.07) is 9.47. The molecule has 0 aromatic heterocycles. The summed E-state index contributed by atoms with van der Waals surface area (Å²) in [5.74, 6) is -0.262. The van der Waals surface area contributed by atoms with Crippen molar-refractivity contribution < 1.29 is 19.0 Å². The molecule has 0 radical (unpaired) electrons. The van der Waals surface area contributed by atoms with E-state index in [1.54, 1.807) is 0 Å². The lowest BCUT2D eigenvalue weighted by molar-refractivity contribution is -0.145. The van der Waals surface area contributed by atoms with Gasteiger partial charge in [-0.2, -0.15) is 4.89 Å². The molecule has 0 saturated heterocycles. The monoisotopic (exact) mass is 255 g/mol. The molecular formula is C12H16O4P+. The smallest absolute Gasteiger partial charge is 0.461 e. The van der Waals surface area contributed by atoms with E-state index in [2.05, 4.69) is 0 Å². The molecule has 0 spiro atoms. The number of rotatable bonds is 7. The highest BCUT2D eigenvalue weighted by molar-refractivity contribution is 7.37. The van der Waals surface area contributed by atoms with Crippen molar-refractivity contribution in [2.75, 3.05) is 6.16 Å². The van der Waals surface area contributed by atoms with Gasteiger partial charge in [-0.25, -0.2) is 0 Å². The van der Waals surface area contributed by atoms with Crippen LogP contribution in [0, 0.1) is 0 Å². The van der Waals surface area contributed by atoms with Crippen molar-refractivity contribution in [1.82, 2.24) is 0 Å². The predicted molar refractivity (Wildman–Crippen MR) is 64.8 cm³/mol. The second-order valence-electron chi connectivity index (χ2n) is 3.68. The molecule has 0 amide bonds. The fraction of sp³-hybridized carbons (Fsp3) is 0.417. The minimum atomic E-state index is -2.08. The van der Waals surface area contributed by atoms with Gasteiger partial charge in [-0.05, 0) is 23.0 Å². The van der Waals surface area contributed by atoms with Crippen molar-refractivity contribution in [3.63, 3.8) is 0 Å². The molecule has 0 aliphatic carbocycles. The summed E-state index contributed by atoms with van der Waals surface area (Å²) in [4.78, 5) is 19.9.